The van der Waals surface area contributed by atoms with Gasteiger partial charge in [-0.1, -0.05) is 12.1 Å². The quantitative estimate of drug-likeness (QED) is 0.909. The molecule has 1 aliphatic heterocycles. The predicted molar refractivity (Wildman–Crippen MR) is 85.5 cm³/mol. The van der Waals surface area contributed by atoms with Crippen LogP contribution >= 0.6 is 0 Å². The molecule has 2 N–H and O–H groups in total. The lowest BCUT2D eigenvalue weighted by molar-refractivity contribution is 0.0697. The fourth-order valence-corrected chi connectivity index (χ4v) is 3.39. The topological polar surface area (TPSA) is 71.3 Å². The van der Waals surface area contributed by atoms with Gasteiger partial charge in [-0.2, -0.15) is 0 Å². The monoisotopic (exact) mass is 318 g/mol. The van der Waals surface area contributed by atoms with E-state index < -0.39 is 17.3 Å². The van der Waals surface area contributed by atoms with Crippen LogP contribution in [-0.4, -0.2) is 28.7 Å². The number of benzene rings is 1. The standard InChI is InChI=1S/C17H19FN2O3/c1-10-14(17(22)23)12-5-2-6-13(18)15(12)16(21)20(10)9-11-4-3-7-19-8-11/h2,5-6,11,19H,3-4,7-9H2,1H3,(H,22,23). The van der Waals surface area contributed by atoms with Crippen molar-refractivity contribution in [2.45, 2.75) is 26.3 Å². The van der Waals surface area contributed by atoms with Crippen LogP contribution in [0.15, 0.2) is 23.0 Å². The number of carboxylic acid groups (broad SMARTS) is 1. The molecule has 0 saturated carbocycles. The number of carbonyl (C=O) groups is 1. The third-order valence-corrected chi connectivity index (χ3v) is 4.56. The van der Waals surface area contributed by atoms with Crippen molar-refractivity contribution in [3.8, 4) is 0 Å². The van der Waals surface area contributed by atoms with Crippen molar-refractivity contribution >= 4 is 16.7 Å². The van der Waals surface area contributed by atoms with E-state index in [1.165, 1.54) is 22.8 Å². The summed E-state index contributed by atoms with van der Waals surface area (Å²) in [6.07, 6.45) is 1.99. The average Bonchev–Trinajstić information content (AvgIpc) is 2.52. The molecule has 1 saturated heterocycles. The Morgan fingerprint density at radius 1 is 1.48 bits per heavy atom. The molecule has 0 amide bonds. The van der Waals surface area contributed by atoms with Crippen LogP contribution in [0, 0.1) is 18.7 Å². The number of aromatic nitrogens is 1. The van der Waals surface area contributed by atoms with Gasteiger partial charge in [0.1, 0.15) is 5.82 Å². The normalized spacial score (nSPS) is 18.3. The molecule has 1 unspecified atom stereocenters. The minimum atomic E-state index is -1.14. The summed E-state index contributed by atoms with van der Waals surface area (Å²) in [7, 11) is 0. The zero-order valence-electron chi connectivity index (χ0n) is 12.9. The number of rotatable bonds is 3. The minimum Gasteiger partial charge on any atom is -0.478 e. The van der Waals surface area contributed by atoms with Gasteiger partial charge >= 0.3 is 5.97 Å². The highest BCUT2D eigenvalue weighted by atomic mass is 19.1. The van der Waals surface area contributed by atoms with Gasteiger partial charge in [-0.05, 0) is 44.8 Å². The molecule has 5 nitrogen and oxygen atoms in total. The van der Waals surface area contributed by atoms with Gasteiger partial charge in [-0.15, -0.1) is 0 Å². The second-order valence-electron chi connectivity index (χ2n) is 6.06. The molecule has 2 heterocycles. The van der Waals surface area contributed by atoms with Crippen LogP contribution in [0.2, 0.25) is 0 Å². The van der Waals surface area contributed by atoms with Crippen molar-refractivity contribution in [2.75, 3.05) is 13.1 Å². The summed E-state index contributed by atoms with van der Waals surface area (Å²) in [6.45, 7) is 3.76. The molecule has 0 spiro atoms. The lowest BCUT2D eigenvalue weighted by Crippen LogP contribution is -2.36. The number of nitrogens with zero attached hydrogens (tertiary/aromatic N) is 1. The van der Waals surface area contributed by atoms with Crippen LogP contribution in [0.1, 0.15) is 28.9 Å². The van der Waals surface area contributed by atoms with Crippen molar-refractivity contribution in [3.63, 3.8) is 0 Å². The molecule has 6 heteroatoms. The van der Waals surface area contributed by atoms with E-state index in [-0.39, 0.29) is 22.3 Å². The Morgan fingerprint density at radius 3 is 2.91 bits per heavy atom. The van der Waals surface area contributed by atoms with Gasteiger partial charge in [0.25, 0.3) is 5.56 Å². The second kappa shape index (κ2) is 6.12. The highest BCUT2D eigenvalue weighted by Gasteiger charge is 2.23. The Bertz CT molecular complexity index is 823. The third-order valence-electron chi connectivity index (χ3n) is 4.56. The van der Waals surface area contributed by atoms with E-state index in [0.717, 1.165) is 25.9 Å². The van der Waals surface area contributed by atoms with Crippen LogP contribution in [0.4, 0.5) is 4.39 Å². The molecule has 1 aromatic heterocycles. The Hall–Kier alpha value is -2.21. The molecule has 122 valence electrons. The number of hydrogen-bond donors (Lipinski definition) is 2. The molecular weight excluding hydrogens is 299 g/mol. The van der Waals surface area contributed by atoms with Crippen molar-refractivity contribution in [2.24, 2.45) is 5.92 Å². The SMILES string of the molecule is Cc1c(C(=O)O)c2cccc(F)c2c(=O)n1CC1CCCNC1. The van der Waals surface area contributed by atoms with E-state index in [4.69, 9.17) is 0 Å². The molecule has 2 aromatic rings. The number of pyridine rings is 1. The number of fused-ring (bicyclic) bond motifs is 1. The molecule has 23 heavy (non-hydrogen) atoms. The van der Waals surface area contributed by atoms with E-state index in [0.29, 0.717) is 12.2 Å². The number of halogens is 1. The van der Waals surface area contributed by atoms with Gasteiger partial charge in [-0.25, -0.2) is 9.18 Å². The second-order valence-corrected chi connectivity index (χ2v) is 6.06. The first-order valence-corrected chi connectivity index (χ1v) is 7.76. The van der Waals surface area contributed by atoms with Crippen molar-refractivity contribution in [3.05, 3.63) is 45.6 Å². The lowest BCUT2D eigenvalue weighted by atomic mass is 9.98. The maximum atomic E-state index is 14.2. The van der Waals surface area contributed by atoms with Gasteiger partial charge in [-0.3, -0.25) is 4.79 Å². The fourth-order valence-electron chi connectivity index (χ4n) is 3.39. The van der Waals surface area contributed by atoms with E-state index in [1.54, 1.807) is 6.92 Å². The van der Waals surface area contributed by atoms with E-state index in [9.17, 15) is 19.1 Å². The number of piperidine rings is 1. The Morgan fingerprint density at radius 2 is 2.26 bits per heavy atom. The summed E-state index contributed by atoms with van der Waals surface area (Å²) >= 11 is 0. The molecule has 0 bridgehead atoms. The average molecular weight is 318 g/mol. The van der Waals surface area contributed by atoms with Crippen LogP contribution in [0.5, 0.6) is 0 Å². The van der Waals surface area contributed by atoms with Gasteiger partial charge < -0.3 is 15.0 Å². The smallest absolute Gasteiger partial charge is 0.338 e. The summed E-state index contributed by atoms with van der Waals surface area (Å²) in [4.78, 5) is 24.4. The third kappa shape index (κ3) is 2.74. The van der Waals surface area contributed by atoms with Crippen molar-refractivity contribution in [1.29, 1.82) is 0 Å². The highest BCUT2D eigenvalue weighted by Crippen LogP contribution is 2.23. The first kappa shape index (κ1) is 15.7. The highest BCUT2D eigenvalue weighted by molar-refractivity contribution is 6.04. The minimum absolute atomic E-state index is 0.00266. The number of carboxylic acids is 1. The van der Waals surface area contributed by atoms with Crippen LogP contribution in [-0.2, 0) is 6.54 Å². The molecular formula is C17H19FN2O3. The maximum absolute atomic E-state index is 14.2. The first-order valence-electron chi connectivity index (χ1n) is 7.76. The van der Waals surface area contributed by atoms with E-state index in [2.05, 4.69) is 5.32 Å². The number of nitrogens with one attached hydrogen (secondary N) is 1. The summed E-state index contributed by atoms with van der Waals surface area (Å²) in [6, 6.07) is 4.11. The summed E-state index contributed by atoms with van der Waals surface area (Å²) in [5, 5.41) is 12.8. The zero-order chi connectivity index (χ0) is 16.6. The molecule has 1 aromatic carbocycles. The fraction of sp³-hybridized carbons (Fsp3) is 0.412. The van der Waals surface area contributed by atoms with E-state index >= 15 is 0 Å². The summed E-state index contributed by atoms with van der Waals surface area (Å²) in [5.74, 6) is -1.58. The molecule has 3 rings (SSSR count). The lowest BCUT2D eigenvalue weighted by Gasteiger charge is -2.25. The Labute approximate surface area is 132 Å². The summed E-state index contributed by atoms with van der Waals surface area (Å²) in [5.41, 5.74) is -0.0692. The molecule has 0 aliphatic carbocycles. The van der Waals surface area contributed by atoms with Crippen LogP contribution < -0.4 is 10.9 Å². The van der Waals surface area contributed by atoms with Gasteiger partial charge in [0.2, 0.25) is 0 Å². The Kier molecular flexibility index (Phi) is 4.17. The van der Waals surface area contributed by atoms with E-state index in [1.807, 2.05) is 0 Å². The van der Waals surface area contributed by atoms with Crippen molar-refractivity contribution in [1.82, 2.24) is 9.88 Å². The summed E-state index contributed by atoms with van der Waals surface area (Å²) < 4.78 is 15.6. The predicted octanol–water partition coefficient (Wildman–Crippen LogP) is 2.15. The molecule has 1 aliphatic rings. The number of hydrogen-bond acceptors (Lipinski definition) is 3. The van der Waals surface area contributed by atoms with Gasteiger partial charge in [0, 0.05) is 17.6 Å². The van der Waals surface area contributed by atoms with Gasteiger partial charge in [0.15, 0.2) is 0 Å². The number of aromatic carboxylic acids is 1. The van der Waals surface area contributed by atoms with Crippen LogP contribution in [0.3, 0.4) is 0 Å². The molecule has 1 fully saturated rings. The Balaban J connectivity index is 2.22. The van der Waals surface area contributed by atoms with Gasteiger partial charge in [0.05, 0.1) is 10.9 Å². The van der Waals surface area contributed by atoms with Crippen LogP contribution in [0.25, 0.3) is 10.8 Å². The largest absolute Gasteiger partial charge is 0.478 e. The molecule has 0 radical (unpaired) electrons. The van der Waals surface area contributed by atoms with Crippen molar-refractivity contribution < 1.29 is 14.3 Å². The zero-order valence-corrected chi connectivity index (χ0v) is 12.9. The molecule has 1 atom stereocenters. The first-order chi connectivity index (χ1) is 11.0. The maximum Gasteiger partial charge on any atom is 0.338 e.